The van der Waals surface area contributed by atoms with Gasteiger partial charge in [-0.3, -0.25) is 0 Å². The fraction of sp³-hybridized carbons (Fsp3) is 0.115. The molecule has 2 nitrogen and oxygen atoms in total. The normalized spacial score (nSPS) is 13.9. The second kappa shape index (κ2) is 10.7. The zero-order valence-electron chi connectivity index (χ0n) is 18.5. The third-order valence-corrected chi connectivity index (χ3v) is 8.30. The second-order valence-electron chi connectivity index (χ2n) is 7.79. The van der Waals surface area contributed by atoms with E-state index in [0.717, 1.165) is 21.5 Å². The van der Waals surface area contributed by atoms with Crippen molar-refractivity contribution in [1.82, 2.24) is 5.32 Å². The minimum atomic E-state index is -2.22. The van der Waals surface area contributed by atoms with Crippen molar-refractivity contribution in [3.05, 3.63) is 113 Å². The number of halogens is 5. The summed E-state index contributed by atoms with van der Waals surface area (Å²) in [6.45, 7) is 1.83. The molecule has 0 heterocycles. The van der Waals surface area contributed by atoms with Crippen molar-refractivity contribution in [1.29, 1.82) is 0 Å². The Morgan fingerprint density at radius 1 is 0.800 bits per heavy atom. The third kappa shape index (κ3) is 5.14. The van der Waals surface area contributed by atoms with Gasteiger partial charge in [-0.2, -0.15) is 0 Å². The van der Waals surface area contributed by atoms with Crippen LogP contribution in [0.2, 0.25) is 0 Å². The minimum absolute atomic E-state index is 0.261. The van der Waals surface area contributed by atoms with Crippen molar-refractivity contribution in [3.63, 3.8) is 0 Å². The third-order valence-electron chi connectivity index (χ3n) is 5.53. The zero-order chi connectivity index (χ0) is 25.1. The van der Waals surface area contributed by atoms with Gasteiger partial charge in [-0.05, 0) is 55.0 Å². The zero-order valence-corrected chi connectivity index (χ0v) is 20.2. The molecule has 0 radical (unpaired) electrons. The van der Waals surface area contributed by atoms with Crippen LogP contribution in [0, 0.1) is 29.1 Å². The topological polar surface area (TPSA) is 24.1 Å². The maximum atomic E-state index is 14.1. The highest BCUT2D eigenvalue weighted by Crippen LogP contribution is 2.48. The predicted molar refractivity (Wildman–Crippen MR) is 135 cm³/mol. The Labute approximate surface area is 206 Å². The molecular weight excluding hydrogens is 498 g/mol. The van der Waals surface area contributed by atoms with Crippen molar-refractivity contribution in [2.24, 2.45) is 0 Å². The van der Waals surface area contributed by atoms with Gasteiger partial charge in [-0.15, -0.1) is 0 Å². The monoisotopic (exact) mass is 518 g/mol. The van der Waals surface area contributed by atoms with Gasteiger partial charge in [0.25, 0.3) is 0 Å². The van der Waals surface area contributed by atoms with Gasteiger partial charge in [0.15, 0.2) is 28.4 Å². The molecule has 0 saturated carbocycles. The number of benzene rings is 3. The molecule has 0 aromatic heterocycles. The molecule has 1 atom stereocenters. The fourth-order valence-electron chi connectivity index (χ4n) is 3.86. The van der Waals surface area contributed by atoms with Crippen molar-refractivity contribution in [2.45, 2.75) is 19.4 Å². The van der Waals surface area contributed by atoms with Gasteiger partial charge in [-0.25, -0.2) is 22.0 Å². The Balaban J connectivity index is 1.62. The van der Waals surface area contributed by atoms with Crippen LogP contribution in [0.4, 0.5) is 27.6 Å². The van der Waals surface area contributed by atoms with E-state index in [1.54, 1.807) is 0 Å². The summed E-state index contributed by atoms with van der Waals surface area (Å²) in [6.07, 6.45) is 4.73. The molecule has 0 spiro atoms. The SMILES string of the molecule is C[C@@H](NC(=S)Nc1c(F)c(F)c(F)c(F)c1F)C1=C(P(c2ccccc2)c2ccccc2)C=CC1. The van der Waals surface area contributed by atoms with Crippen LogP contribution in [-0.4, -0.2) is 11.2 Å². The summed E-state index contributed by atoms with van der Waals surface area (Å²) in [7, 11) is -0.891. The molecule has 1 aliphatic carbocycles. The molecule has 4 rings (SSSR count). The Morgan fingerprint density at radius 3 is 1.80 bits per heavy atom. The molecule has 2 N–H and O–H groups in total. The van der Waals surface area contributed by atoms with Crippen LogP contribution in [0.25, 0.3) is 0 Å². The van der Waals surface area contributed by atoms with Gasteiger partial charge < -0.3 is 10.6 Å². The van der Waals surface area contributed by atoms with Crippen LogP contribution in [0.3, 0.4) is 0 Å². The van der Waals surface area contributed by atoms with E-state index in [1.807, 2.05) is 49.4 Å². The molecule has 0 fully saturated rings. The maximum Gasteiger partial charge on any atom is 0.200 e. The molecule has 180 valence electrons. The van der Waals surface area contributed by atoms with Gasteiger partial charge >= 0.3 is 0 Å². The van der Waals surface area contributed by atoms with E-state index < -0.39 is 42.7 Å². The van der Waals surface area contributed by atoms with Crippen LogP contribution < -0.4 is 21.2 Å². The number of anilines is 1. The Morgan fingerprint density at radius 2 is 1.29 bits per heavy atom. The number of thiocarbonyl (C=S) groups is 1. The molecular formula is C26H20F5N2PS. The molecule has 0 bridgehead atoms. The van der Waals surface area contributed by atoms with Crippen LogP contribution in [0.5, 0.6) is 0 Å². The molecule has 35 heavy (non-hydrogen) atoms. The molecule has 0 unspecified atom stereocenters. The van der Waals surface area contributed by atoms with E-state index in [1.165, 1.54) is 0 Å². The summed E-state index contributed by atoms with van der Waals surface area (Å²) >= 11 is 5.15. The van der Waals surface area contributed by atoms with Gasteiger partial charge in [0.1, 0.15) is 5.69 Å². The average Bonchev–Trinajstić information content (AvgIpc) is 3.35. The van der Waals surface area contributed by atoms with Crippen LogP contribution in [0.15, 0.2) is 83.7 Å². The minimum Gasteiger partial charge on any atom is -0.356 e. The maximum absolute atomic E-state index is 14.1. The van der Waals surface area contributed by atoms with Gasteiger partial charge in [0, 0.05) is 6.04 Å². The van der Waals surface area contributed by atoms with E-state index in [9.17, 15) is 22.0 Å². The highest BCUT2D eigenvalue weighted by Gasteiger charge is 2.28. The lowest BCUT2D eigenvalue weighted by molar-refractivity contribution is 0.382. The summed E-state index contributed by atoms with van der Waals surface area (Å²) < 4.78 is 68.5. The van der Waals surface area contributed by atoms with Gasteiger partial charge in [-0.1, -0.05) is 72.8 Å². The molecule has 0 aliphatic heterocycles. The standard InChI is InChI=1S/C26H20F5N2PS/c1-15(32-26(35)33-25-23(30)21(28)20(27)22(29)24(25)31)18-13-8-14-19(18)34(16-9-4-2-5-10-16)17-11-6-3-7-12-17/h2-12,14-15H,13H2,1H3,(H2,32,33,35)/t15-/m1/s1. The van der Waals surface area contributed by atoms with E-state index in [4.69, 9.17) is 12.2 Å². The first-order valence-corrected chi connectivity index (χ1v) is 12.4. The van der Waals surface area contributed by atoms with Crippen molar-refractivity contribution >= 4 is 41.5 Å². The molecule has 3 aromatic carbocycles. The lowest BCUT2D eigenvalue weighted by Crippen LogP contribution is -2.38. The summed E-state index contributed by atoms with van der Waals surface area (Å²) in [4.78, 5) is 0. The van der Waals surface area contributed by atoms with Crippen LogP contribution in [0.1, 0.15) is 13.3 Å². The van der Waals surface area contributed by atoms with E-state index >= 15 is 0 Å². The first-order valence-electron chi connectivity index (χ1n) is 10.7. The highest BCUT2D eigenvalue weighted by molar-refractivity contribution is 7.80. The number of hydrogen-bond donors (Lipinski definition) is 2. The van der Waals surface area contributed by atoms with E-state index in [2.05, 4.69) is 41.0 Å². The fourth-order valence-corrected chi connectivity index (χ4v) is 6.76. The molecule has 0 saturated heterocycles. The lowest BCUT2D eigenvalue weighted by Gasteiger charge is -2.25. The second-order valence-corrected chi connectivity index (χ2v) is 10.4. The lowest BCUT2D eigenvalue weighted by atomic mass is 10.1. The van der Waals surface area contributed by atoms with Crippen LogP contribution in [-0.2, 0) is 0 Å². The number of allylic oxidation sites excluding steroid dienone is 3. The number of nitrogens with one attached hydrogen (secondary N) is 2. The molecule has 3 aromatic rings. The summed E-state index contributed by atoms with van der Waals surface area (Å²) in [6, 6.07) is 19.8. The Bertz CT molecular complexity index is 1240. The summed E-state index contributed by atoms with van der Waals surface area (Å²) in [5, 5.41) is 8.22. The van der Waals surface area contributed by atoms with Crippen molar-refractivity contribution < 1.29 is 22.0 Å². The first kappa shape index (κ1) is 25.0. The van der Waals surface area contributed by atoms with Gasteiger partial charge in [0.2, 0.25) is 5.82 Å². The smallest absolute Gasteiger partial charge is 0.200 e. The van der Waals surface area contributed by atoms with E-state index in [0.29, 0.717) is 6.42 Å². The molecule has 0 amide bonds. The number of hydrogen-bond acceptors (Lipinski definition) is 1. The van der Waals surface area contributed by atoms with Crippen molar-refractivity contribution in [2.75, 3.05) is 5.32 Å². The average molecular weight is 518 g/mol. The molecule has 1 aliphatic rings. The Kier molecular flexibility index (Phi) is 7.63. The molecule has 9 heteroatoms. The quantitative estimate of drug-likeness (QED) is 0.130. The first-order chi connectivity index (χ1) is 16.8. The summed E-state index contributed by atoms with van der Waals surface area (Å²) in [5.41, 5.74) is -0.175. The van der Waals surface area contributed by atoms with Crippen LogP contribution >= 0.6 is 20.1 Å². The van der Waals surface area contributed by atoms with Crippen molar-refractivity contribution in [3.8, 4) is 0 Å². The largest absolute Gasteiger partial charge is 0.356 e. The Hall–Kier alpha value is -3.09. The summed E-state index contributed by atoms with van der Waals surface area (Å²) in [5.74, 6) is -10.2. The number of rotatable bonds is 6. The predicted octanol–water partition coefficient (Wildman–Crippen LogP) is 6.40. The van der Waals surface area contributed by atoms with Gasteiger partial charge in [0.05, 0.1) is 0 Å². The highest BCUT2D eigenvalue weighted by atomic mass is 32.1. The van der Waals surface area contributed by atoms with E-state index in [-0.39, 0.29) is 11.2 Å².